The van der Waals surface area contributed by atoms with E-state index in [0.29, 0.717) is 5.92 Å². The smallest absolute Gasteiger partial charge is 0.0848 e. The van der Waals surface area contributed by atoms with Gasteiger partial charge in [0, 0.05) is 6.54 Å². The topological polar surface area (TPSA) is 29.9 Å². The molecule has 0 amide bonds. The van der Waals surface area contributed by atoms with Gasteiger partial charge in [-0.05, 0) is 44.9 Å². The summed E-state index contributed by atoms with van der Waals surface area (Å²) in [7, 11) is 0. The molecule has 114 valence electrons. The van der Waals surface area contributed by atoms with Gasteiger partial charge < -0.3 is 5.32 Å². The van der Waals surface area contributed by atoms with Crippen LogP contribution >= 0.6 is 11.6 Å². The molecular weight excluding hydrogens is 282 g/mol. The van der Waals surface area contributed by atoms with E-state index in [4.69, 9.17) is 11.6 Å². The maximum absolute atomic E-state index is 6.28. The number of hydrogen-bond acceptors (Lipinski definition) is 2. The fraction of sp³-hybridized carbons (Fsp3) is 0.471. The molecule has 0 radical (unpaired) electrons. The molecule has 0 saturated carbocycles. The van der Waals surface area contributed by atoms with Crippen molar-refractivity contribution in [3.63, 3.8) is 0 Å². The number of hydrogen-bond donors (Lipinski definition) is 1. The molecule has 3 nitrogen and oxygen atoms in total. The third-order valence-electron chi connectivity index (χ3n) is 3.53. The van der Waals surface area contributed by atoms with Gasteiger partial charge in [0.15, 0.2) is 0 Å². The number of nitrogens with one attached hydrogen (secondary N) is 1. The highest BCUT2D eigenvalue weighted by atomic mass is 35.5. The molecule has 1 aromatic carbocycles. The second-order valence-electron chi connectivity index (χ2n) is 6.05. The summed E-state index contributed by atoms with van der Waals surface area (Å²) >= 11 is 6.28. The van der Waals surface area contributed by atoms with E-state index >= 15 is 0 Å². The Labute approximate surface area is 132 Å². The molecule has 0 aliphatic rings. The number of halogens is 1. The highest BCUT2D eigenvalue weighted by molar-refractivity contribution is 6.31. The Hall–Kier alpha value is -1.32. The lowest BCUT2D eigenvalue weighted by Gasteiger charge is -2.14. The molecule has 1 heterocycles. The number of rotatable bonds is 5. The standard InChI is InChI=1S/C17H24ClN3/c1-11(2)9-19-10-15-8-12(3)6-7-16(15)21-14(5)17(18)13(4)20-21/h6-8,11,19H,9-10H2,1-5H3. The summed E-state index contributed by atoms with van der Waals surface area (Å²) in [6.07, 6.45) is 0. The zero-order valence-electron chi connectivity index (χ0n) is 13.5. The van der Waals surface area contributed by atoms with Gasteiger partial charge in [-0.3, -0.25) is 0 Å². The first-order valence-corrected chi connectivity index (χ1v) is 7.80. The Morgan fingerprint density at radius 1 is 1.24 bits per heavy atom. The van der Waals surface area contributed by atoms with Gasteiger partial charge >= 0.3 is 0 Å². The summed E-state index contributed by atoms with van der Waals surface area (Å²) in [5.74, 6) is 0.640. The summed E-state index contributed by atoms with van der Waals surface area (Å²) in [6, 6.07) is 6.45. The van der Waals surface area contributed by atoms with Gasteiger partial charge in [-0.25, -0.2) is 4.68 Å². The summed E-state index contributed by atoms with van der Waals surface area (Å²) in [4.78, 5) is 0. The van der Waals surface area contributed by atoms with Crippen molar-refractivity contribution in [1.82, 2.24) is 15.1 Å². The largest absolute Gasteiger partial charge is 0.312 e. The van der Waals surface area contributed by atoms with Crippen LogP contribution in [-0.2, 0) is 6.54 Å². The van der Waals surface area contributed by atoms with Crippen LogP contribution in [0.5, 0.6) is 0 Å². The van der Waals surface area contributed by atoms with Crippen LogP contribution < -0.4 is 5.32 Å². The van der Waals surface area contributed by atoms with Gasteiger partial charge in [0.05, 0.1) is 22.1 Å². The first-order chi connectivity index (χ1) is 9.90. The lowest BCUT2D eigenvalue weighted by atomic mass is 10.1. The predicted octanol–water partition coefficient (Wildman–Crippen LogP) is 4.20. The van der Waals surface area contributed by atoms with E-state index in [-0.39, 0.29) is 0 Å². The molecule has 2 aromatic rings. The Morgan fingerprint density at radius 2 is 1.95 bits per heavy atom. The van der Waals surface area contributed by atoms with Crippen LogP contribution in [-0.4, -0.2) is 16.3 Å². The highest BCUT2D eigenvalue weighted by Gasteiger charge is 2.13. The maximum atomic E-state index is 6.28. The number of aromatic nitrogens is 2. The lowest BCUT2D eigenvalue weighted by Crippen LogP contribution is -2.20. The van der Waals surface area contributed by atoms with Crippen molar-refractivity contribution in [3.8, 4) is 5.69 Å². The molecule has 1 aromatic heterocycles. The van der Waals surface area contributed by atoms with E-state index in [1.807, 2.05) is 18.5 Å². The summed E-state index contributed by atoms with van der Waals surface area (Å²) in [5, 5.41) is 8.82. The van der Waals surface area contributed by atoms with Crippen LogP contribution in [0, 0.1) is 26.7 Å². The molecule has 0 aliphatic carbocycles. The fourth-order valence-corrected chi connectivity index (χ4v) is 2.53. The third kappa shape index (κ3) is 3.66. The third-order valence-corrected chi connectivity index (χ3v) is 4.08. The zero-order chi connectivity index (χ0) is 15.6. The van der Waals surface area contributed by atoms with Crippen LogP contribution in [0.15, 0.2) is 18.2 Å². The van der Waals surface area contributed by atoms with Crippen molar-refractivity contribution in [2.24, 2.45) is 5.92 Å². The van der Waals surface area contributed by atoms with E-state index in [2.05, 4.69) is 49.4 Å². The van der Waals surface area contributed by atoms with Gasteiger partial charge in [0.25, 0.3) is 0 Å². The minimum absolute atomic E-state index is 0.640. The molecule has 0 atom stereocenters. The van der Waals surface area contributed by atoms with E-state index in [9.17, 15) is 0 Å². The molecule has 0 aliphatic heterocycles. The second-order valence-corrected chi connectivity index (χ2v) is 6.43. The Bertz CT molecular complexity index is 629. The van der Waals surface area contributed by atoms with Gasteiger partial charge in [-0.1, -0.05) is 43.1 Å². The van der Waals surface area contributed by atoms with E-state index in [1.165, 1.54) is 11.1 Å². The van der Waals surface area contributed by atoms with Gasteiger partial charge in [0.1, 0.15) is 0 Å². The molecule has 0 bridgehead atoms. The lowest BCUT2D eigenvalue weighted by molar-refractivity contribution is 0.551. The van der Waals surface area contributed by atoms with E-state index in [0.717, 1.165) is 35.2 Å². The highest BCUT2D eigenvalue weighted by Crippen LogP contribution is 2.24. The number of benzene rings is 1. The summed E-state index contributed by atoms with van der Waals surface area (Å²) in [5.41, 5.74) is 5.47. The molecule has 0 fully saturated rings. The maximum Gasteiger partial charge on any atom is 0.0848 e. The van der Waals surface area contributed by atoms with Crippen LogP contribution in [0.1, 0.15) is 36.4 Å². The van der Waals surface area contributed by atoms with Crippen molar-refractivity contribution in [3.05, 3.63) is 45.7 Å². The molecule has 21 heavy (non-hydrogen) atoms. The van der Waals surface area contributed by atoms with Crippen LogP contribution in [0.25, 0.3) is 5.69 Å². The molecule has 2 rings (SSSR count). The predicted molar refractivity (Wildman–Crippen MR) is 89.3 cm³/mol. The number of aryl methyl sites for hydroxylation is 2. The van der Waals surface area contributed by atoms with E-state index < -0.39 is 0 Å². The monoisotopic (exact) mass is 305 g/mol. The molecular formula is C17H24ClN3. The van der Waals surface area contributed by atoms with Gasteiger partial charge in [0.2, 0.25) is 0 Å². The minimum atomic E-state index is 0.640. The van der Waals surface area contributed by atoms with Crippen molar-refractivity contribution in [1.29, 1.82) is 0 Å². The molecule has 0 unspecified atom stereocenters. The minimum Gasteiger partial charge on any atom is -0.312 e. The van der Waals surface area contributed by atoms with Gasteiger partial charge in [-0.2, -0.15) is 5.10 Å². The van der Waals surface area contributed by atoms with Crippen LogP contribution in [0.3, 0.4) is 0 Å². The van der Waals surface area contributed by atoms with Crippen molar-refractivity contribution >= 4 is 11.6 Å². The molecule has 0 saturated heterocycles. The summed E-state index contributed by atoms with van der Waals surface area (Å²) < 4.78 is 1.95. The molecule has 0 spiro atoms. The van der Waals surface area contributed by atoms with Gasteiger partial charge in [-0.15, -0.1) is 0 Å². The average molecular weight is 306 g/mol. The average Bonchev–Trinajstić information content (AvgIpc) is 2.66. The van der Waals surface area contributed by atoms with Crippen molar-refractivity contribution in [2.45, 2.75) is 41.2 Å². The molecule has 1 N–H and O–H groups in total. The van der Waals surface area contributed by atoms with Crippen molar-refractivity contribution in [2.75, 3.05) is 6.54 Å². The Kier molecular flexibility index (Phi) is 5.07. The Balaban J connectivity index is 2.36. The first-order valence-electron chi connectivity index (χ1n) is 7.42. The quantitative estimate of drug-likeness (QED) is 0.897. The van der Waals surface area contributed by atoms with E-state index in [1.54, 1.807) is 0 Å². The van der Waals surface area contributed by atoms with Crippen LogP contribution in [0.4, 0.5) is 0 Å². The first kappa shape index (κ1) is 16.1. The molecule has 4 heteroatoms. The Morgan fingerprint density at radius 3 is 2.52 bits per heavy atom. The second kappa shape index (κ2) is 6.63. The normalized spacial score (nSPS) is 11.4. The SMILES string of the molecule is Cc1ccc(-n2nc(C)c(Cl)c2C)c(CNCC(C)C)c1. The van der Waals surface area contributed by atoms with Crippen molar-refractivity contribution < 1.29 is 0 Å². The summed E-state index contributed by atoms with van der Waals surface area (Å²) in [6.45, 7) is 12.3. The fourth-order valence-electron chi connectivity index (χ4n) is 2.42. The van der Waals surface area contributed by atoms with Crippen LogP contribution in [0.2, 0.25) is 5.02 Å². The zero-order valence-corrected chi connectivity index (χ0v) is 14.3. The number of nitrogens with zero attached hydrogens (tertiary/aromatic N) is 2.